The first-order chi connectivity index (χ1) is 9.74. The summed E-state index contributed by atoms with van der Waals surface area (Å²) in [6, 6.07) is 3.91. The predicted molar refractivity (Wildman–Crippen MR) is 79.5 cm³/mol. The highest BCUT2D eigenvalue weighted by Crippen LogP contribution is 2.33. The van der Waals surface area contributed by atoms with Gasteiger partial charge >= 0.3 is 0 Å². The molecule has 1 aromatic rings. The minimum absolute atomic E-state index is 0.261. The van der Waals surface area contributed by atoms with E-state index < -0.39 is 0 Å². The van der Waals surface area contributed by atoms with Crippen molar-refractivity contribution >= 4 is 11.6 Å². The van der Waals surface area contributed by atoms with Crippen LogP contribution in [0.1, 0.15) is 25.7 Å². The van der Waals surface area contributed by atoms with Crippen molar-refractivity contribution in [2.45, 2.75) is 25.7 Å². The average molecular weight is 273 g/mol. The minimum Gasteiger partial charge on any atom is -0.310 e. The molecule has 0 radical (unpaired) electrons. The third kappa shape index (κ3) is 3.18. The van der Waals surface area contributed by atoms with Crippen LogP contribution in [0, 0.1) is 11.8 Å². The zero-order valence-electron chi connectivity index (χ0n) is 12.2. The lowest BCUT2D eigenvalue weighted by Gasteiger charge is -2.33. The molecule has 1 aromatic heterocycles. The first-order valence-electron chi connectivity index (χ1n) is 7.64. The second-order valence-electron chi connectivity index (χ2n) is 6.20. The van der Waals surface area contributed by atoms with E-state index in [2.05, 4.69) is 16.9 Å². The Labute approximate surface area is 120 Å². The van der Waals surface area contributed by atoms with Crippen molar-refractivity contribution in [3.05, 3.63) is 24.5 Å². The lowest BCUT2D eigenvalue weighted by atomic mass is 9.97. The molecule has 1 unspecified atom stereocenters. The number of hydrogen-bond acceptors (Lipinski definition) is 3. The summed E-state index contributed by atoms with van der Waals surface area (Å²) in [7, 11) is 2.17. The Hall–Kier alpha value is -1.42. The lowest BCUT2D eigenvalue weighted by molar-refractivity contribution is -0.120. The molecule has 0 N–H and O–H groups in total. The Balaban J connectivity index is 1.73. The van der Waals surface area contributed by atoms with Crippen LogP contribution in [0.25, 0.3) is 0 Å². The molecule has 0 spiro atoms. The molecule has 1 saturated heterocycles. The molecule has 0 bridgehead atoms. The van der Waals surface area contributed by atoms with Crippen molar-refractivity contribution in [2.24, 2.45) is 11.8 Å². The monoisotopic (exact) mass is 273 g/mol. The number of aromatic nitrogens is 1. The molecule has 1 amide bonds. The van der Waals surface area contributed by atoms with Crippen LogP contribution >= 0.6 is 0 Å². The van der Waals surface area contributed by atoms with Crippen LogP contribution in [-0.2, 0) is 4.79 Å². The van der Waals surface area contributed by atoms with E-state index in [1.807, 2.05) is 23.2 Å². The number of rotatable bonds is 4. The molecular weight excluding hydrogens is 250 g/mol. The fourth-order valence-electron chi connectivity index (χ4n) is 3.07. The third-order valence-electron chi connectivity index (χ3n) is 4.31. The first-order valence-corrected chi connectivity index (χ1v) is 7.64. The molecular formula is C16H23N3O. The third-order valence-corrected chi connectivity index (χ3v) is 4.31. The number of hydrogen-bond donors (Lipinski definition) is 0. The van der Waals surface area contributed by atoms with Crippen molar-refractivity contribution in [2.75, 3.05) is 31.6 Å². The highest BCUT2D eigenvalue weighted by Gasteiger charge is 2.35. The van der Waals surface area contributed by atoms with Gasteiger partial charge in [0.15, 0.2) is 0 Å². The van der Waals surface area contributed by atoms with E-state index in [4.69, 9.17) is 0 Å². The number of nitrogens with zero attached hydrogens (tertiary/aromatic N) is 3. The highest BCUT2D eigenvalue weighted by molar-refractivity contribution is 5.96. The Bertz CT molecular complexity index is 458. The fraction of sp³-hybridized carbons (Fsp3) is 0.625. The minimum atomic E-state index is 0.261. The Kier molecular flexibility index (Phi) is 4.01. The van der Waals surface area contributed by atoms with Gasteiger partial charge in [0, 0.05) is 25.2 Å². The normalized spacial score (nSPS) is 23.6. The van der Waals surface area contributed by atoms with Gasteiger partial charge in [-0.15, -0.1) is 0 Å². The number of carbonyl (C=O) groups excluding carboxylic acids is 1. The lowest BCUT2D eigenvalue weighted by Crippen LogP contribution is -2.42. The molecule has 3 rings (SSSR count). The van der Waals surface area contributed by atoms with Crippen LogP contribution < -0.4 is 4.90 Å². The largest absolute Gasteiger partial charge is 0.310 e. The SMILES string of the molecule is CN1CCCC(CN(C(=O)C2CC2)c2cccnc2)C1. The van der Waals surface area contributed by atoms with Crippen molar-refractivity contribution in [1.29, 1.82) is 0 Å². The number of anilines is 1. The van der Waals surface area contributed by atoms with Crippen molar-refractivity contribution in [3.8, 4) is 0 Å². The standard InChI is InChI=1S/C16H23N3O/c1-18-9-3-4-13(11-18)12-19(16(20)14-6-7-14)15-5-2-8-17-10-15/h2,5,8,10,13-14H,3-4,6-7,9,11-12H2,1H3. The first kappa shape index (κ1) is 13.6. The molecule has 2 heterocycles. The smallest absolute Gasteiger partial charge is 0.230 e. The number of carbonyl (C=O) groups is 1. The molecule has 1 atom stereocenters. The summed E-state index contributed by atoms with van der Waals surface area (Å²) in [5, 5.41) is 0. The molecule has 1 aliphatic carbocycles. The van der Waals surface area contributed by atoms with Gasteiger partial charge < -0.3 is 9.80 Å². The number of amides is 1. The Morgan fingerprint density at radius 3 is 2.95 bits per heavy atom. The van der Waals surface area contributed by atoms with E-state index in [0.29, 0.717) is 11.8 Å². The molecule has 1 aliphatic heterocycles. The van der Waals surface area contributed by atoms with Crippen molar-refractivity contribution in [3.63, 3.8) is 0 Å². The summed E-state index contributed by atoms with van der Waals surface area (Å²) in [5.41, 5.74) is 0.956. The zero-order chi connectivity index (χ0) is 13.9. The molecule has 0 aromatic carbocycles. The van der Waals surface area contributed by atoms with E-state index >= 15 is 0 Å². The van der Waals surface area contributed by atoms with Gasteiger partial charge in [0.1, 0.15) is 0 Å². The van der Waals surface area contributed by atoms with Gasteiger partial charge in [-0.05, 0) is 57.3 Å². The van der Waals surface area contributed by atoms with Crippen molar-refractivity contribution in [1.82, 2.24) is 9.88 Å². The second-order valence-corrected chi connectivity index (χ2v) is 6.20. The maximum atomic E-state index is 12.5. The quantitative estimate of drug-likeness (QED) is 0.843. The van der Waals surface area contributed by atoms with E-state index in [1.165, 1.54) is 19.4 Å². The van der Waals surface area contributed by atoms with Gasteiger partial charge in [-0.3, -0.25) is 9.78 Å². The Morgan fingerprint density at radius 2 is 2.30 bits per heavy atom. The van der Waals surface area contributed by atoms with Gasteiger partial charge in [-0.1, -0.05) is 0 Å². The Morgan fingerprint density at radius 1 is 1.45 bits per heavy atom. The average Bonchev–Trinajstić information content (AvgIpc) is 3.30. The summed E-state index contributed by atoms with van der Waals surface area (Å²) in [5.74, 6) is 1.14. The summed E-state index contributed by atoms with van der Waals surface area (Å²) in [6.07, 6.45) is 8.14. The molecule has 4 heteroatoms. The van der Waals surface area contributed by atoms with Crippen LogP contribution in [0.5, 0.6) is 0 Å². The summed E-state index contributed by atoms with van der Waals surface area (Å²) >= 11 is 0. The van der Waals surface area contributed by atoms with Gasteiger partial charge in [0.05, 0.1) is 11.9 Å². The maximum Gasteiger partial charge on any atom is 0.230 e. The number of pyridine rings is 1. The van der Waals surface area contributed by atoms with Crippen LogP contribution in [0.15, 0.2) is 24.5 Å². The van der Waals surface area contributed by atoms with Crippen LogP contribution in [0.2, 0.25) is 0 Å². The molecule has 20 heavy (non-hydrogen) atoms. The molecule has 4 nitrogen and oxygen atoms in total. The molecule has 2 fully saturated rings. The van der Waals surface area contributed by atoms with Gasteiger partial charge in [0.25, 0.3) is 0 Å². The van der Waals surface area contributed by atoms with E-state index in [-0.39, 0.29) is 5.92 Å². The van der Waals surface area contributed by atoms with E-state index in [0.717, 1.165) is 31.6 Å². The van der Waals surface area contributed by atoms with Crippen molar-refractivity contribution < 1.29 is 4.79 Å². The van der Waals surface area contributed by atoms with Gasteiger partial charge in [0.2, 0.25) is 5.91 Å². The molecule has 108 valence electrons. The van der Waals surface area contributed by atoms with Crippen LogP contribution in [0.4, 0.5) is 5.69 Å². The maximum absolute atomic E-state index is 12.5. The predicted octanol–water partition coefficient (Wildman–Crippen LogP) is 2.17. The van der Waals surface area contributed by atoms with E-state index in [1.54, 1.807) is 6.20 Å². The van der Waals surface area contributed by atoms with Crippen LogP contribution in [-0.4, -0.2) is 42.5 Å². The zero-order valence-corrected chi connectivity index (χ0v) is 12.2. The fourth-order valence-corrected chi connectivity index (χ4v) is 3.07. The van der Waals surface area contributed by atoms with E-state index in [9.17, 15) is 4.79 Å². The second kappa shape index (κ2) is 5.92. The number of likely N-dealkylation sites (tertiary alicyclic amines) is 1. The van der Waals surface area contributed by atoms with Gasteiger partial charge in [-0.2, -0.15) is 0 Å². The molecule has 2 aliphatic rings. The summed E-state index contributed by atoms with van der Waals surface area (Å²) in [4.78, 5) is 21.1. The topological polar surface area (TPSA) is 36.4 Å². The van der Waals surface area contributed by atoms with Gasteiger partial charge in [-0.25, -0.2) is 0 Å². The summed E-state index contributed by atoms with van der Waals surface area (Å²) < 4.78 is 0. The number of piperidine rings is 1. The summed E-state index contributed by atoms with van der Waals surface area (Å²) in [6.45, 7) is 3.11. The molecule has 1 saturated carbocycles. The highest BCUT2D eigenvalue weighted by atomic mass is 16.2. The van der Waals surface area contributed by atoms with Crippen LogP contribution in [0.3, 0.4) is 0 Å².